The molecule has 2 aliphatic heterocycles. The van der Waals surface area contributed by atoms with E-state index in [1.165, 1.54) is 11.0 Å². The molecule has 194 valence electrons. The molecule has 1 N–H and O–H groups in total. The van der Waals surface area contributed by atoms with Crippen LogP contribution in [0, 0.1) is 0 Å². The smallest absolute Gasteiger partial charge is 0.338 e. The lowest BCUT2D eigenvalue weighted by Crippen LogP contribution is -2.29. The summed E-state index contributed by atoms with van der Waals surface area (Å²) in [4.78, 5) is 42.8. The van der Waals surface area contributed by atoms with Crippen molar-refractivity contribution in [2.45, 2.75) is 19.4 Å². The first-order chi connectivity index (χ1) is 18.4. The number of carbonyl (C=O) groups excluding carboxylic acids is 3. The molecule has 1 fully saturated rings. The maximum atomic E-state index is 13.5. The standard InChI is InChI=1S/C30H28N2O6/c1-3-15-38-30(36)21-10-7-11-22(17-21)32-26(19-8-5-4-6-9-19)25(28(34)29(32)35)27(33)20-12-13-24-23(18-20)31(2)14-16-37-24/h4-13,17-18,26,33H,3,14-16H2,1-2H3/b27-25-. The zero-order chi connectivity index (χ0) is 26.8. The maximum Gasteiger partial charge on any atom is 0.338 e. The Bertz CT molecular complexity index is 1430. The molecule has 1 saturated heterocycles. The molecule has 0 aliphatic carbocycles. The average Bonchev–Trinajstić information content (AvgIpc) is 3.22. The lowest BCUT2D eigenvalue weighted by Gasteiger charge is -2.28. The molecular formula is C30H28N2O6. The molecule has 2 heterocycles. The second-order valence-electron chi connectivity index (χ2n) is 9.22. The van der Waals surface area contributed by atoms with Crippen LogP contribution in [0.4, 0.5) is 11.4 Å². The minimum absolute atomic E-state index is 0.0282. The molecule has 5 rings (SSSR count). The molecule has 3 aromatic carbocycles. The minimum atomic E-state index is -0.900. The summed E-state index contributed by atoms with van der Waals surface area (Å²) >= 11 is 0. The molecule has 0 spiro atoms. The Balaban J connectivity index is 1.63. The number of aliphatic hydroxyl groups excluding tert-OH is 1. The van der Waals surface area contributed by atoms with Gasteiger partial charge in [-0.1, -0.05) is 43.3 Å². The van der Waals surface area contributed by atoms with Gasteiger partial charge in [0, 0.05) is 18.3 Å². The van der Waals surface area contributed by atoms with Crippen molar-refractivity contribution in [1.82, 2.24) is 0 Å². The summed E-state index contributed by atoms with van der Waals surface area (Å²) < 4.78 is 11.0. The molecule has 0 radical (unpaired) electrons. The number of ether oxygens (including phenoxy) is 2. The number of rotatable bonds is 6. The van der Waals surface area contributed by atoms with Gasteiger partial charge in [-0.2, -0.15) is 0 Å². The van der Waals surface area contributed by atoms with Gasteiger partial charge in [0.2, 0.25) is 0 Å². The van der Waals surface area contributed by atoms with Gasteiger partial charge in [0.15, 0.2) is 0 Å². The van der Waals surface area contributed by atoms with Crippen molar-refractivity contribution in [2.24, 2.45) is 0 Å². The van der Waals surface area contributed by atoms with Crippen LogP contribution in [-0.4, -0.2) is 49.6 Å². The second-order valence-corrected chi connectivity index (χ2v) is 9.22. The fraction of sp³-hybridized carbons (Fsp3) is 0.233. The SMILES string of the molecule is CCCOC(=O)c1cccc(N2C(=O)C(=O)/C(=C(\O)c3ccc4c(c3)N(C)CCO4)C2c2ccccc2)c1. The van der Waals surface area contributed by atoms with Gasteiger partial charge >= 0.3 is 5.97 Å². The third-order valence-electron chi connectivity index (χ3n) is 6.68. The maximum absolute atomic E-state index is 13.5. The number of fused-ring (bicyclic) bond motifs is 1. The number of ketones is 1. The summed E-state index contributed by atoms with van der Waals surface area (Å²) in [5, 5.41) is 11.5. The van der Waals surface area contributed by atoms with Crippen molar-refractivity contribution in [1.29, 1.82) is 0 Å². The number of carbonyl (C=O) groups is 3. The third-order valence-corrected chi connectivity index (χ3v) is 6.68. The number of amides is 1. The largest absolute Gasteiger partial charge is 0.507 e. The van der Waals surface area contributed by atoms with Crippen molar-refractivity contribution < 1.29 is 29.0 Å². The second kappa shape index (κ2) is 10.4. The Kier molecular flexibility index (Phi) is 6.87. The van der Waals surface area contributed by atoms with Crippen molar-refractivity contribution in [3.8, 4) is 5.75 Å². The van der Waals surface area contributed by atoms with Crippen LogP contribution in [0.15, 0.2) is 78.4 Å². The zero-order valence-electron chi connectivity index (χ0n) is 21.2. The number of Topliss-reactive ketones (excluding diaryl/α,β-unsaturated/α-hetero) is 1. The van der Waals surface area contributed by atoms with E-state index in [-0.39, 0.29) is 23.5 Å². The Morgan fingerprint density at radius 2 is 1.82 bits per heavy atom. The van der Waals surface area contributed by atoms with Gasteiger partial charge < -0.3 is 19.5 Å². The Labute approximate surface area is 220 Å². The molecular weight excluding hydrogens is 484 g/mol. The number of likely N-dealkylation sites (N-methyl/N-ethyl adjacent to an activating group) is 1. The molecule has 1 amide bonds. The number of esters is 1. The van der Waals surface area contributed by atoms with Crippen LogP contribution in [0.5, 0.6) is 5.75 Å². The van der Waals surface area contributed by atoms with Gasteiger partial charge in [-0.25, -0.2) is 4.79 Å². The van der Waals surface area contributed by atoms with E-state index in [9.17, 15) is 19.5 Å². The summed E-state index contributed by atoms with van der Waals surface area (Å²) in [5.74, 6) is -1.71. The molecule has 3 aromatic rings. The van der Waals surface area contributed by atoms with Gasteiger partial charge in [-0.05, 0) is 48.4 Å². The van der Waals surface area contributed by atoms with Crippen molar-refractivity contribution in [2.75, 3.05) is 36.6 Å². The van der Waals surface area contributed by atoms with Crippen LogP contribution in [0.25, 0.3) is 5.76 Å². The van der Waals surface area contributed by atoms with E-state index in [0.717, 1.165) is 5.69 Å². The molecule has 1 unspecified atom stereocenters. The number of aliphatic hydroxyl groups is 1. The monoisotopic (exact) mass is 512 g/mol. The van der Waals surface area contributed by atoms with Crippen LogP contribution in [0.1, 0.15) is 40.9 Å². The Hall–Kier alpha value is -4.59. The van der Waals surface area contributed by atoms with Crippen molar-refractivity contribution in [3.63, 3.8) is 0 Å². The van der Waals surface area contributed by atoms with Crippen LogP contribution >= 0.6 is 0 Å². The fourth-order valence-electron chi connectivity index (χ4n) is 4.76. The Morgan fingerprint density at radius 3 is 2.58 bits per heavy atom. The van der Waals surface area contributed by atoms with Gasteiger partial charge in [-0.3, -0.25) is 14.5 Å². The van der Waals surface area contributed by atoms with Crippen LogP contribution in [-0.2, 0) is 14.3 Å². The van der Waals surface area contributed by atoms with E-state index < -0.39 is 23.7 Å². The topological polar surface area (TPSA) is 96.4 Å². The van der Waals surface area contributed by atoms with Crippen LogP contribution in [0.3, 0.4) is 0 Å². The molecule has 8 heteroatoms. The molecule has 1 atom stereocenters. The highest BCUT2D eigenvalue weighted by molar-refractivity contribution is 6.51. The first-order valence-corrected chi connectivity index (χ1v) is 12.5. The lowest BCUT2D eigenvalue weighted by molar-refractivity contribution is -0.132. The molecule has 0 saturated carbocycles. The highest BCUT2D eigenvalue weighted by Crippen LogP contribution is 2.43. The first-order valence-electron chi connectivity index (χ1n) is 12.5. The summed E-state index contributed by atoms with van der Waals surface area (Å²) in [6.07, 6.45) is 0.679. The molecule has 38 heavy (non-hydrogen) atoms. The number of hydrogen-bond acceptors (Lipinski definition) is 7. The van der Waals surface area contributed by atoms with Gasteiger partial charge in [-0.15, -0.1) is 0 Å². The number of nitrogens with zero attached hydrogens (tertiary/aromatic N) is 2. The van der Waals surface area contributed by atoms with E-state index in [0.29, 0.717) is 42.1 Å². The van der Waals surface area contributed by atoms with Crippen LogP contribution in [0.2, 0.25) is 0 Å². The summed E-state index contributed by atoms with van der Waals surface area (Å²) in [7, 11) is 1.92. The van der Waals surface area contributed by atoms with Crippen molar-refractivity contribution in [3.05, 3.63) is 95.1 Å². The van der Waals surface area contributed by atoms with Gasteiger partial charge in [0.1, 0.15) is 18.1 Å². The highest BCUT2D eigenvalue weighted by atomic mass is 16.5. The number of hydrogen-bond donors (Lipinski definition) is 1. The fourth-order valence-corrected chi connectivity index (χ4v) is 4.76. The molecule has 0 bridgehead atoms. The molecule has 8 nitrogen and oxygen atoms in total. The van der Waals surface area contributed by atoms with Crippen LogP contribution < -0.4 is 14.5 Å². The number of benzene rings is 3. The summed E-state index contributed by atoms with van der Waals surface area (Å²) in [6, 6.07) is 19.7. The molecule has 0 aromatic heterocycles. The minimum Gasteiger partial charge on any atom is -0.507 e. The number of anilines is 2. The van der Waals surface area contributed by atoms with E-state index in [1.54, 1.807) is 60.7 Å². The third kappa shape index (κ3) is 4.49. The van der Waals surface area contributed by atoms with Crippen molar-refractivity contribution >= 4 is 34.8 Å². The zero-order valence-corrected chi connectivity index (χ0v) is 21.2. The van der Waals surface area contributed by atoms with E-state index >= 15 is 0 Å². The normalized spacial score (nSPS) is 18.2. The molecule has 2 aliphatic rings. The van der Waals surface area contributed by atoms with Gasteiger partial charge in [0.25, 0.3) is 11.7 Å². The summed E-state index contributed by atoms with van der Waals surface area (Å²) in [6.45, 7) is 3.41. The first kappa shape index (κ1) is 25.1. The average molecular weight is 513 g/mol. The van der Waals surface area contributed by atoms with Gasteiger partial charge in [0.05, 0.1) is 36.0 Å². The van der Waals surface area contributed by atoms with E-state index in [4.69, 9.17) is 9.47 Å². The predicted molar refractivity (Wildman–Crippen MR) is 143 cm³/mol. The van der Waals surface area contributed by atoms with E-state index in [2.05, 4.69) is 0 Å². The highest BCUT2D eigenvalue weighted by Gasteiger charge is 2.47. The quantitative estimate of drug-likeness (QED) is 0.221. The van der Waals surface area contributed by atoms with E-state index in [1.807, 2.05) is 24.9 Å². The predicted octanol–water partition coefficient (Wildman–Crippen LogP) is 4.71. The lowest BCUT2D eigenvalue weighted by atomic mass is 9.94. The Morgan fingerprint density at radius 1 is 1.03 bits per heavy atom. The summed E-state index contributed by atoms with van der Waals surface area (Å²) in [5.41, 5.74) is 2.41.